The molecule has 0 spiro atoms. The first-order valence-electron chi connectivity index (χ1n) is 9.35. The maximum Gasteiger partial charge on any atom is 0.139 e. The number of nitriles is 1. The number of hydrogen-bond donors (Lipinski definition) is 0. The molecule has 130 valence electrons. The SMILES string of the molecule is C/C(P)=N/c1ccc2c(c1C#N)CCC1C2CC[C@]2(C)C(=O)CCC12. The second-order valence-electron chi connectivity index (χ2n) is 8.23. The van der Waals surface area contributed by atoms with E-state index in [9.17, 15) is 10.1 Å². The van der Waals surface area contributed by atoms with E-state index in [-0.39, 0.29) is 5.41 Å². The Hall–Kier alpha value is -1.52. The zero-order chi connectivity index (χ0) is 17.8. The minimum atomic E-state index is -0.0858. The molecule has 0 heterocycles. The van der Waals surface area contributed by atoms with Crippen LogP contribution in [0.3, 0.4) is 0 Å². The van der Waals surface area contributed by atoms with Crippen molar-refractivity contribution < 1.29 is 4.79 Å². The molecule has 0 radical (unpaired) electrons. The van der Waals surface area contributed by atoms with Crippen molar-refractivity contribution in [1.82, 2.24) is 0 Å². The van der Waals surface area contributed by atoms with Gasteiger partial charge in [-0.1, -0.05) is 22.2 Å². The van der Waals surface area contributed by atoms with Crippen LogP contribution in [0.5, 0.6) is 0 Å². The number of carbonyl (C=O) groups excluding carboxylic acids is 1. The van der Waals surface area contributed by atoms with Gasteiger partial charge in [0.15, 0.2) is 0 Å². The second kappa shape index (κ2) is 6.03. The van der Waals surface area contributed by atoms with Gasteiger partial charge in [-0.3, -0.25) is 9.79 Å². The average Bonchev–Trinajstić information content (AvgIpc) is 2.89. The van der Waals surface area contributed by atoms with Crippen LogP contribution in [0, 0.1) is 28.6 Å². The predicted molar refractivity (Wildman–Crippen MR) is 103 cm³/mol. The molecule has 4 unspecified atom stereocenters. The number of fused-ring (bicyclic) bond motifs is 5. The van der Waals surface area contributed by atoms with Gasteiger partial charge in [0.1, 0.15) is 11.9 Å². The van der Waals surface area contributed by atoms with Crippen LogP contribution in [0.2, 0.25) is 0 Å². The van der Waals surface area contributed by atoms with Gasteiger partial charge in [0, 0.05) is 17.3 Å². The van der Waals surface area contributed by atoms with E-state index in [1.807, 2.05) is 13.0 Å². The Kier molecular flexibility index (Phi) is 4.08. The summed E-state index contributed by atoms with van der Waals surface area (Å²) >= 11 is 0. The highest BCUT2D eigenvalue weighted by atomic mass is 31.0. The fraction of sp³-hybridized carbons (Fsp3) is 0.571. The van der Waals surface area contributed by atoms with Crippen molar-refractivity contribution in [3.63, 3.8) is 0 Å². The van der Waals surface area contributed by atoms with E-state index < -0.39 is 0 Å². The summed E-state index contributed by atoms with van der Waals surface area (Å²) in [6, 6.07) is 6.64. The maximum atomic E-state index is 12.4. The van der Waals surface area contributed by atoms with E-state index in [1.54, 1.807) is 0 Å². The van der Waals surface area contributed by atoms with Gasteiger partial charge in [-0.2, -0.15) is 5.26 Å². The van der Waals surface area contributed by atoms with Gasteiger partial charge in [-0.25, -0.2) is 0 Å². The molecule has 3 aliphatic rings. The Morgan fingerprint density at radius 3 is 2.84 bits per heavy atom. The molecule has 2 saturated carbocycles. The van der Waals surface area contributed by atoms with Gasteiger partial charge in [-0.05, 0) is 74.0 Å². The number of benzene rings is 1. The largest absolute Gasteiger partial charge is 0.299 e. The van der Waals surface area contributed by atoms with Crippen LogP contribution in [-0.4, -0.2) is 11.2 Å². The normalized spacial score (nSPS) is 34.1. The third-order valence-electron chi connectivity index (χ3n) is 7.01. The number of aliphatic imine (C=N–C) groups is 1. The fourth-order valence-electron chi connectivity index (χ4n) is 5.83. The van der Waals surface area contributed by atoms with Crippen LogP contribution < -0.4 is 0 Å². The Balaban J connectivity index is 1.76. The summed E-state index contributed by atoms with van der Waals surface area (Å²) < 4.78 is 0. The van der Waals surface area contributed by atoms with Crippen LogP contribution in [-0.2, 0) is 11.2 Å². The van der Waals surface area contributed by atoms with Crippen molar-refractivity contribution in [3.8, 4) is 6.07 Å². The zero-order valence-corrected chi connectivity index (χ0v) is 16.2. The lowest BCUT2D eigenvalue weighted by Gasteiger charge is -2.48. The van der Waals surface area contributed by atoms with Crippen LogP contribution in [0.1, 0.15) is 68.6 Å². The molecule has 4 heteroatoms. The summed E-state index contributed by atoms with van der Waals surface area (Å²) in [5.41, 5.74) is 4.93. The first-order chi connectivity index (χ1) is 12.0. The summed E-state index contributed by atoms with van der Waals surface area (Å²) in [6.07, 6.45) is 5.95. The van der Waals surface area contributed by atoms with Crippen molar-refractivity contribution >= 4 is 26.2 Å². The molecule has 0 aliphatic heterocycles. The van der Waals surface area contributed by atoms with Gasteiger partial charge in [0.25, 0.3) is 0 Å². The summed E-state index contributed by atoms with van der Waals surface area (Å²) in [7, 11) is 2.59. The van der Waals surface area contributed by atoms with Gasteiger partial charge < -0.3 is 0 Å². The van der Waals surface area contributed by atoms with Crippen molar-refractivity contribution in [2.45, 2.75) is 58.3 Å². The first kappa shape index (κ1) is 16.9. The first-order valence-corrected chi connectivity index (χ1v) is 9.93. The maximum absolute atomic E-state index is 12.4. The number of hydrogen-bond acceptors (Lipinski definition) is 3. The van der Waals surface area contributed by atoms with Gasteiger partial charge >= 0.3 is 0 Å². The van der Waals surface area contributed by atoms with Crippen LogP contribution in [0.25, 0.3) is 0 Å². The third kappa shape index (κ3) is 2.49. The quantitative estimate of drug-likeness (QED) is 0.533. The zero-order valence-electron chi connectivity index (χ0n) is 15.0. The molecular weight excluding hydrogens is 327 g/mol. The van der Waals surface area contributed by atoms with Gasteiger partial charge in [0.2, 0.25) is 0 Å². The second-order valence-corrected chi connectivity index (χ2v) is 9.06. The lowest BCUT2D eigenvalue weighted by atomic mass is 9.55. The lowest BCUT2D eigenvalue weighted by molar-refractivity contribution is -0.129. The highest BCUT2D eigenvalue weighted by Crippen LogP contribution is 2.59. The number of Topliss-reactive ketones (excluding diaryl/α,β-unsaturated/α-hetero) is 1. The van der Waals surface area contributed by atoms with Crippen LogP contribution in [0.4, 0.5) is 5.69 Å². The van der Waals surface area contributed by atoms with E-state index in [1.165, 1.54) is 11.1 Å². The van der Waals surface area contributed by atoms with E-state index in [2.05, 4.69) is 33.3 Å². The molecule has 0 amide bonds. The Morgan fingerprint density at radius 1 is 1.32 bits per heavy atom. The summed E-state index contributed by atoms with van der Waals surface area (Å²) in [5.74, 6) is 2.13. The Labute approximate surface area is 152 Å². The van der Waals surface area contributed by atoms with E-state index >= 15 is 0 Å². The molecule has 0 bridgehead atoms. The summed E-state index contributed by atoms with van der Waals surface area (Å²) in [5, 5.41) is 9.74. The number of carbonyl (C=O) groups is 1. The lowest BCUT2D eigenvalue weighted by Crippen LogP contribution is -2.42. The van der Waals surface area contributed by atoms with Crippen molar-refractivity contribution in [3.05, 3.63) is 28.8 Å². The standard InChI is InChI=1S/C21H25N2OP/c1-12(25)23-19-7-5-13-14(17(19)11-22)3-4-16-15(13)9-10-21(2)18(16)6-8-20(21)24/h5,7,15-16,18H,3-4,6,8-10,25H2,1-2H3/b23-12-/t15?,16?,18?,21-/m0/s1. The molecule has 2 fully saturated rings. The van der Waals surface area contributed by atoms with Crippen LogP contribution >= 0.6 is 9.24 Å². The fourth-order valence-corrected chi connectivity index (χ4v) is 5.97. The summed E-state index contributed by atoms with van der Waals surface area (Å²) in [6.45, 7) is 4.14. The topological polar surface area (TPSA) is 53.2 Å². The minimum Gasteiger partial charge on any atom is -0.299 e. The molecule has 1 aromatic carbocycles. The van der Waals surface area contributed by atoms with Crippen LogP contribution in [0.15, 0.2) is 17.1 Å². The van der Waals surface area contributed by atoms with E-state index in [4.69, 9.17) is 0 Å². The minimum absolute atomic E-state index is 0.0858. The molecule has 0 saturated heterocycles. The number of nitrogens with zero attached hydrogens (tertiary/aromatic N) is 2. The Bertz CT molecular complexity index is 818. The molecule has 1 aromatic rings. The predicted octanol–water partition coefficient (Wildman–Crippen LogP) is 4.91. The van der Waals surface area contributed by atoms with Gasteiger partial charge in [0.05, 0.1) is 11.3 Å². The number of rotatable bonds is 1. The highest BCUT2D eigenvalue weighted by molar-refractivity contribution is 7.40. The van der Waals surface area contributed by atoms with E-state index in [0.717, 1.165) is 55.2 Å². The highest BCUT2D eigenvalue weighted by Gasteiger charge is 2.54. The Morgan fingerprint density at radius 2 is 2.12 bits per heavy atom. The van der Waals surface area contributed by atoms with Crippen molar-refractivity contribution in [2.24, 2.45) is 22.2 Å². The molecule has 25 heavy (non-hydrogen) atoms. The molecule has 0 aromatic heterocycles. The molecular formula is C21H25N2OP. The monoisotopic (exact) mass is 352 g/mol. The molecule has 0 N–H and O–H groups in total. The summed E-state index contributed by atoms with van der Waals surface area (Å²) in [4.78, 5) is 17.0. The van der Waals surface area contributed by atoms with Gasteiger partial charge in [-0.15, -0.1) is 0 Å². The molecule has 3 nitrogen and oxygen atoms in total. The van der Waals surface area contributed by atoms with Crippen molar-refractivity contribution in [1.29, 1.82) is 5.26 Å². The van der Waals surface area contributed by atoms with Crippen molar-refractivity contribution in [2.75, 3.05) is 0 Å². The smallest absolute Gasteiger partial charge is 0.139 e. The molecule has 3 aliphatic carbocycles. The third-order valence-corrected chi connectivity index (χ3v) is 7.14. The van der Waals surface area contributed by atoms with E-state index in [0.29, 0.717) is 23.5 Å². The number of ketones is 1. The molecule has 4 rings (SSSR count). The average molecular weight is 352 g/mol. The molecule has 5 atom stereocenters.